The third-order valence-corrected chi connectivity index (χ3v) is 4.24. The Kier molecular flexibility index (Phi) is 6.09. The SMILES string of the molecule is COCCN(CCNC(C1CC1)C1CC1)C(=O)OC(C)(C)C. The van der Waals surface area contributed by atoms with E-state index in [2.05, 4.69) is 5.32 Å². The largest absolute Gasteiger partial charge is 0.444 e. The molecule has 1 amide bonds. The Morgan fingerprint density at radius 2 is 1.77 bits per heavy atom. The molecule has 0 aliphatic heterocycles. The van der Waals surface area contributed by atoms with Crippen molar-refractivity contribution in [2.75, 3.05) is 33.4 Å². The molecule has 0 radical (unpaired) electrons. The molecule has 5 nitrogen and oxygen atoms in total. The van der Waals surface area contributed by atoms with Crippen LogP contribution in [0, 0.1) is 11.8 Å². The second-order valence-corrected chi connectivity index (χ2v) is 7.61. The number of carbonyl (C=O) groups is 1. The molecule has 0 spiro atoms. The number of amides is 1. The predicted molar refractivity (Wildman–Crippen MR) is 86.9 cm³/mol. The lowest BCUT2D eigenvalue weighted by molar-refractivity contribution is 0.0202. The van der Waals surface area contributed by atoms with Crippen LogP contribution in [0.2, 0.25) is 0 Å². The van der Waals surface area contributed by atoms with Crippen LogP contribution in [0.25, 0.3) is 0 Å². The summed E-state index contributed by atoms with van der Waals surface area (Å²) in [7, 11) is 1.65. The minimum Gasteiger partial charge on any atom is -0.444 e. The van der Waals surface area contributed by atoms with E-state index in [4.69, 9.17) is 9.47 Å². The summed E-state index contributed by atoms with van der Waals surface area (Å²) in [6.07, 6.45) is 5.23. The first-order valence-corrected chi connectivity index (χ1v) is 8.61. The molecule has 0 aromatic carbocycles. The van der Waals surface area contributed by atoms with Crippen LogP contribution in [0.3, 0.4) is 0 Å². The lowest BCUT2D eigenvalue weighted by atomic mass is 10.1. The van der Waals surface area contributed by atoms with E-state index in [0.717, 1.165) is 18.4 Å². The summed E-state index contributed by atoms with van der Waals surface area (Å²) in [4.78, 5) is 14.0. The Labute approximate surface area is 134 Å². The summed E-state index contributed by atoms with van der Waals surface area (Å²) in [6, 6.07) is 0.669. The zero-order valence-electron chi connectivity index (χ0n) is 14.6. The third kappa shape index (κ3) is 6.13. The molecule has 0 unspecified atom stereocenters. The van der Waals surface area contributed by atoms with Gasteiger partial charge in [-0.1, -0.05) is 0 Å². The van der Waals surface area contributed by atoms with E-state index in [1.807, 2.05) is 20.8 Å². The summed E-state index contributed by atoms with van der Waals surface area (Å²) in [5, 5.41) is 3.68. The zero-order valence-corrected chi connectivity index (χ0v) is 14.6. The smallest absolute Gasteiger partial charge is 0.410 e. The molecule has 0 aromatic heterocycles. The van der Waals surface area contributed by atoms with Gasteiger partial charge in [0.15, 0.2) is 0 Å². The molecule has 2 fully saturated rings. The van der Waals surface area contributed by atoms with E-state index in [-0.39, 0.29) is 6.09 Å². The van der Waals surface area contributed by atoms with Gasteiger partial charge in [0.1, 0.15) is 5.60 Å². The average Bonchev–Trinajstić information content (AvgIpc) is 3.28. The third-order valence-electron chi connectivity index (χ3n) is 4.24. The normalized spacial score (nSPS) is 18.6. The van der Waals surface area contributed by atoms with E-state index >= 15 is 0 Å². The number of methoxy groups -OCH3 is 1. The Hall–Kier alpha value is -0.810. The molecule has 0 atom stereocenters. The molecule has 2 saturated carbocycles. The number of hydrogen-bond donors (Lipinski definition) is 1. The highest BCUT2D eigenvalue weighted by Gasteiger charge is 2.41. The van der Waals surface area contributed by atoms with Crippen molar-refractivity contribution < 1.29 is 14.3 Å². The molecule has 22 heavy (non-hydrogen) atoms. The first-order valence-electron chi connectivity index (χ1n) is 8.61. The fourth-order valence-electron chi connectivity index (χ4n) is 2.82. The lowest BCUT2D eigenvalue weighted by Gasteiger charge is -2.28. The minimum absolute atomic E-state index is 0.249. The number of nitrogens with zero attached hydrogens (tertiary/aromatic N) is 1. The van der Waals surface area contributed by atoms with Crippen LogP contribution in [0.1, 0.15) is 46.5 Å². The van der Waals surface area contributed by atoms with E-state index in [1.54, 1.807) is 12.0 Å². The van der Waals surface area contributed by atoms with Crippen LogP contribution < -0.4 is 5.32 Å². The molecule has 0 heterocycles. The number of rotatable bonds is 9. The maximum Gasteiger partial charge on any atom is 0.410 e. The molecule has 128 valence electrons. The van der Waals surface area contributed by atoms with Crippen LogP contribution in [0.15, 0.2) is 0 Å². The zero-order chi connectivity index (χ0) is 16.2. The van der Waals surface area contributed by atoms with Crippen LogP contribution in [-0.2, 0) is 9.47 Å². The fraction of sp³-hybridized carbons (Fsp3) is 0.941. The summed E-state index contributed by atoms with van der Waals surface area (Å²) in [6.45, 7) is 8.31. The van der Waals surface area contributed by atoms with Gasteiger partial charge in [0, 0.05) is 32.8 Å². The Morgan fingerprint density at radius 3 is 2.23 bits per heavy atom. The average molecular weight is 312 g/mol. The first-order chi connectivity index (χ1) is 10.4. The van der Waals surface area contributed by atoms with E-state index in [9.17, 15) is 4.79 Å². The van der Waals surface area contributed by atoms with Gasteiger partial charge in [0.2, 0.25) is 0 Å². The van der Waals surface area contributed by atoms with Crippen molar-refractivity contribution in [3.63, 3.8) is 0 Å². The number of carbonyl (C=O) groups excluding carboxylic acids is 1. The van der Waals surface area contributed by atoms with Gasteiger partial charge in [-0.25, -0.2) is 4.79 Å². The van der Waals surface area contributed by atoms with Crippen molar-refractivity contribution >= 4 is 6.09 Å². The molecule has 0 bridgehead atoms. The van der Waals surface area contributed by atoms with Gasteiger partial charge < -0.3 is 19.7 Å². The molecule has 2 aliphatic rings. The summed E-state index contributed by atoms with van der Waals surface area (Å²) < 4.78 is 10.6. The van der Waals surface area contributed by atoms with Gasteiger partial charge in [0.25, 0.3) is 0 Å². The van der Waals surface area contributed by atoms with Crippen molar-refractivity contribution in [1.82, 2.24) is 10.2 Å². The maximum atomic E-state index is 12.3. The quantitative estimate of drug-likeness (QED) is 0.711. The van der Waals surface area contributed by atoms with Crippen molar-refractivity contribution in [3.05, 3.63) is 0 Å². The predicted octanol–water partition coefficient (Wildman–Crippen LogP) is 2.65. The summed E-state index contributed by atoms with van der Waals surface area (Å²) in [5.74, 6) is 1.75. The van der Waals surface area contributed by atoms with Crippen LogP contribution in [0.5, 0.6) is 0 Å². The van der Waals surface area contributed by atoms with Crippen LogP contribution in [-0.4, -0.2) is 56.0 Å². The van der Waals surface area contributed by atoms with Crippen LogP contribution >= 0.6 is 0 Å². The topological polar surface area (TPSA) is 50.8 Å². The van der Waals surface area contributed by atoms with Gasteiger partial charge in [-0.05, 0) is 58.3 Å². The van der Waals surface area contributed by atoms with Gasteiger partial charge in [-0.3, -0.25) is 0 Å². The van der Waals surface area contributed by atoms with E-state index in [0.29, 0.717) is 25.7 Å². The summed E-state index contributed by atoms with van der Waals surface area (Å²) in [5.41, 5.74) is -0.458. The highest BCUT2D eigenvalue weighted by Crippen LogP contribution is 2.44. The number of ether oxygens (including phenoxy) is 2. The highest BCUT2D eigenvalue weighted by molar-refractivity contribution is 5.68. The molecule has 2 rings (SSSR count). The Balaban J connectivity index is 1.76. The van der Waals surface area contributed by atoms with E-state index in [1.165, 1.54) is 25.7 Å². The van der Waals surface area contributed by atoms with Crippen LogP contribution in [0.4, 0.5) is 4.79 Å². The van der Waals surface area contributed by atoms with E-state index < -0.39 is 5.60 Å². The molecule has 5 heteroatoms. The number of nitrogens with one attached hydrogen (secondary N) is 1. The molecular formula is C17H32N2O3. The van der Waals surface area contributed by atoms with Crippen molar-refractivity contribution in [1.29, 1.82) is 0 Å². The molecule has 2 aliphatic carbocycles. The van der Waals surface area contributed by atoms with Crippen molar-refractivity contribution in [2.24, 2.45) is 11.8 Å². The van der Waals surface area contributed by atoms with Crippen molar-refractivity contribution in [3.8, 4) is 0 Å². The Morgan fingerprint density at radius 1 is 1.18 bits per heavy atom. The molecule has 0 saturated heterocycles. The molecular weight excluding hydrogens is 280 g/mol. The molecule has 0 aromatic rings. The number of hydrogen-bond acceptors (Lipinski definition) is 4. The van der Waals surface area contributed by atoms with Gasteiger partial charge in [-0.2, -0.15) is 0 Å². The maximum absolute atomic E-state index is 12.3. The highest BCUT2D eigenvalue weighted by atomic mass is 16.6. The second kappa shape index (κ2) is 7.64. The Bertz CT molecular complexity index is 347. The van der Waals surface area contributed by atoms with Gasteiger partial charge in [0.05, 0.1) is 6.61 Å². The first kappa shape index (κ1) is 17.5. The second-order valence-electron chi connectivity index (χ2n) is 7.61. The minimum atomic E-state index is -0.458. The van der Waals surface area contributed by atoms with Crippen molar-refractivity contribution in [2.45, 2.75) is 58.1 Å². The standard InChI is InChI=1S/C17H32N2O3/c1-17(2,3)22-16(20)19(11-12-21-4)10-9-18-15(13-5-6-13)14-7-8-14/h13-15,18H,5-12H2,1-4H3. The molecule has 1 N–H and O–H groups in total. The summed E-state index contributed by atoms with van der Waals surface area (Å²) >= 11 is 0. The lowest BCUT2D eigenvalue weighted by Crippen LogP contribution is -2.44. The van der Waals surface area contributed by atoms with Gasteiger partial charge >= 0.3 is 6.09 Å². The van der Waals surface area contributed by atoms with Gasteiger partial charge in [-0.15, -0.1) is 0 Å². The fourth-order valence-corrected chi connectivity index (χ4v) is 2.82. The monoisotopic (exact) mass is 312 g/mol.